The van der Waals surface area contributed by atoms with E-state index in [0.717, 1.165) is 66.6 Å². The third kappa shape index (κ3) is 5.19. The molecule has 1 saturated heterocycles. The lowest BCUT2D eigenvalue weighted by molar-refractivity contribution is 0.131. The number of halogens is 2. The van der Waals surface area contributed by atoms with Crippen LogP contribution >= 0.6 is 27.5 Å². The molecule has 2 aliphatic rings. The Kier molecular flexibility index (Phi) is 6.28. The van der Waals surface area contributed by atoms with Gasteiger partial charge in [0.25, 0.3) is 0 Å². The summed E-state index contributed by atoms with van der Waals surface area (Å²) in [6.45, 7) is 10.2. The summed E-state index contributed by atoms with van der Waals surface area (Å²) in [6, 6.07) is 12.3. The third-order valence-corrected chi connectivity index (χ3v) is 6.24. The lowest BCUT2D eigenvalue weighted by Gasteiger charge is -2.36. The van der Waals surface area contributed by atoms with Crippen molar-refractivity contribution in [2.24, 2.45) is 0 Å². The van der Waals surface area contributed by atoms with Gasteiger partial charge in [-0.2, -0.15) is 0 Å². The Labute approximate surface area is 186 Å². The van der Waals surface area contributed by atoms with E-state index in [0.29, 0.717) is 6.61 Å². The van der Waals surface area contributed by atoms with Crippen molar-refractivity contribution in [2.45, 2.75) is 32.3 Å². The number of rotatable bonds is 6. The zero-order chi connectivity index (χ0) is 20.4. The van der Waals surface area contributed by atoms with Crippen LogP contribution in [0, 0.1) is 0 Å². The van der Waals surface area contributed by atoms with E-state index in [1.54, 1.807) is 0 Å². The molecule has 2 aromatic carbocycles. The molecule has 4 rings (SSSR count). The van der Waals surface area contributed by atoms with Gasteiger partial charge in [-0.15, -0.1) is 0 Å². The molecule has 2 aromatic rings. The molecular weight excluding hydrogens is 452 g/mol. The van der Waals surface area contributed by atoms with Crippen molar-refractivity contribution in [3.8, 4) is 11.5 Å². The van der Waals surface area contributed by atoms with Gasteiger partial charge in [0.15, 0.2) is 11.5 Å². The highest BCUT2D eigenvalue weighted by Gasteiger charge is 2.32. The number of hydrogen-bond acceptors (Lipinski definition) is 4. The number of hydrogen-bond donors (Lipinski definition) is 0. The molecule has 2 heterocycles. The van der Waals surface area contributed by atoms with E-state index in [1.165, 1.54) is 11.3 Å². The molecule has 156 valence electrons. The average molecular weight is 480 g/mol. The van der Waals surface area contributed by atoms with Crippen LogP contribution < -0.4 is 14.4 Å². The first-order valence-corrected chi connectivity index (χ1v) is 11.4. The van der Waals surface area contributed by atoms with Crippen LogP contribution in [0.5, 0.6) is 11.5 Å². The van der Waals surface area contributed by atoms with Gasteiger partial charge in [0.1, 0.15) is 5.60 Å². The summed E-state index contributed by atoms with van der Waals surface area (Å²) in [6.07, 6.45) is 1.92. The minimum absolute atomic E-state index is 0.162. The minimum Gasteiger partial charge on any atom is -0.490 e. The van der Waals surface area contributed by atoms with Crippen LogP contribution in [-0.2, 0) is 6.42 Å². The molecule has 0 atom stereocenters. The molecule has 0 radical (unpaired) electrons. The standard InChI is InChI=1S/C23H28BrClN2O2/c1-23(2)16-17-14-18(24)15-21(22(17)29-23)28-13-3-8-26-9-11-27(12-10-26)20-6-4-19(25)5-7-20/h4-7,14-15H,3,8-13,16H2,1-2H3. The highest BCUT2D eigenvalue weighted by atomic mass is 79.9. The second kappa shape index (κ2) is 8.75. The van der Waals surface area contributed by atoms with Crippen LogP contribution in [0.25, 0.3) is 0 Å². The van der Waals surface area contributed by atoms with E-state index in [-0.39, 0.29) is 5.60 Å². The molecule has 0 aromatic heterocycles. The molecule has 0 N–H and O–H groups in total. The lowest BCUT2D eigenvalue weighted by atomic mass is 10.0. The quantitative estimate of drug-likeness (QED) is 0.517. The van der Waals surface area contributed by atoms with E-state index in [4.69, 9.17) is 21.1 Å². The summed E-state index contributed by atoms with van der Waals surface area (Å²) in [5.41, 5.74) is 2.31. The van der Waals surface area contributed by atoms with Gasteiger partial charge in [-0.25, -0.2) is 0 Å². The fourth-order valence-electron chi connectivity index (χ4n) is 4.10. The van der Waals surface area contributed by atoms with Gasteiger partial charge in [-0.3, -0.25) is 4.90 Å². The molecular formula is C23H28BrClN2O2. The maximum Gasteiger partial charge on any atom is 0.165 e. The maximum absolute atomic E-state index is 6.12. The number of nitrogens with zero attached hydrogens (tertiary/aromatic N) is 2. The Balaban J connectivity index is 1.23. The van der Waals surface area contributed by atoms with Gasteiger partial charge in [0.2, 0.25) is 0 Å². The van der Waals surface area contributed by atoms with Gasteiger partial charge in [0, 0.05) is 59.9 Å². The zero-order valence-electron chi connectivity index (χ0n) is 17.1. The summed E-state index contributed by atoms with van der Waals surface area (Å²) in [4.78, 5) is 4.94. The van der Waals surface area contributed by atoms with Crippen LogP contribution in [0.15, 0.2) is 40.9 Å². The van der Waals surface area contributed by atoms with Crippen molar-refractivity contribution >= 4 is 33.2 Å². The topological polar surface area (TPSA) is 24.9 Å². The van der Waals surface area contributed by atoms with Crippen molar-refractivity contribution in [1.82, 2.24) is 4.90 Å². The number of ether oxygens (including phenoxy) is 2. The van der Waals surface area contributed by atoms with Crippen molar-refractivity contribution in [2.75, 3.05) is 44.2 Å². The molecule has 0 aliphatic carbocycles. The smallest absolute Gasteiger partial charge is 0.165 e. The summed E-state index contributed by atoms with van der Waals surface area (Å²) in [7, 11) is 0. The molecule has 0 spiro atoms. The predicted molar refractivity (Wildman–Crippen MR) is 123 cm³/mol. The highest BCUT2D eigenvalue weighted by molar-refractivity contribution is 9.10. The molecule has 0 saturated carbocycles. The first-order valence-electron chi connectivity index (χ1n) is 10.3. The van der Waals surface area contributed by atoms with Crippen LogP contribution in [0.3, 0.4) is 0 Å². The number of benzene rings is 2. The second-order valence-electron chi connectivity index (χ2n) is 8.44. The SMILES string of the molecule is CC1(C)Cc2cc(Br)cc(OCCCN3CCN(c4ccc(Cl)cc4)CC3)c2O1. The van der Waals surface area contributed by atoms with Crippen LogP contribution in [0.2, 0.25) is 5.02 Å². The van der Waals surface area contributed by atoms with E-state index in [1.807, 2.05) is 18.2 Å². The number of anilines is 1. The Morgan fingerprint density at radius 3 is 2.55 bits per heavy atom. The minimum atomic E-state index is -0.162. The molecule has 6 heteroatoms. The number of fused-ring (bicyclic) bond motifs is 1. The summed E-state index contributed by atoms with van der Waals surface area (Å²) < 4.78 is 13.3. The summed E-state index contributed by atoms with van der Waals surface area (Å²) >= 11 is 9.59. The van der Waals surface area contributed by atoms with Gasteiger partial charge in [0.05, 0.1) is 6.61 Å². The number of piperazine rings is 1. The first-order chi connectivity index (χ1) is 13.9. The van der Waals surface area contributed by atoms with Crippen LogP contribution in [0.4, 0.5) is 5.69 Å². The van der Waals surface area contributed by atoms with Crippen molar-refractivity contribution in [3.05, 3.63) is 51.5 Å². The van der Waals surface area contributed by atoms with Crippen LogP contribution in [-0.4, -0.2) is 49.8 Å². The molecule has 4 nitrogen and oxygen atoms in total. The van der Waals surface area contributed by atoms with E-state index >= 15 is 0 Å². The molecule has 0 unspecified atom stereocenters. The Hall–Kier alpha value is -1.43. The average Bonchev–Trinajstić information content (AvgIpc) is 3.00. The summed E-state index contributed by atoms with van der Waals surface area (Å²) in [5.74, 6) is 1.77. The fourth-order valence-corrected chi connectivity index (χ4v) is 4.71. The Morgan fingerprint density at radius 1 is 1.10 bits per heavy atom. The monoisotopic (exact) mass is 478 g/mol. The normalized spacial score (nSPS) is 18.4. The molecule has 1 fully saturated rings. The highest BCUT2D eigenvalue weighted by Crippen LogP contribution is 2.43. The molecule has 0 bridgehead atoms. The third-order valence-electron chi connectivity index (χ3n) is 5.53. The van der Waals surface area contributed by atoms with E-state index in [2.05, 4.69) is 57.8 Å². The fraction of sp³-hybridized carbons (Fsp3) is 0.478. The lowest BCUT2D eigenvalue weighted by Crippen LogP contribution is -2.46. The molecule has 29 heavy (non-hydrogen) atoms. The molecule has 0 amide bonds. The predicted octanol–water partition coefficient (Wildman–Crippen LogP) is 5.41. The van der Waals surface area contributed by atoms with Gasteiger partial charge in [-0.05, 0) is 56.7 Å². The van der Waals surface area contributed by atoms with Crippen molar-refractivity contribution in [3.63, 3.8) is 0 Å². The van der Waals surface area contributed by atoms with Gasteiger partial charge >= 0.3 is 0 Å². The van der Waals surface area contributed by atoms with Crippen LogP contribution in [0.1, 0.15) is 25.8 Å². The largest absolute Gasteiger partial charge is 0.490 e. The molecule has 2 aliphatic heterocycles. The second-order valence-corrected chi connectivity index (χ2v) is 9.79. The first kappa shape index (κ1) is 20.8. The Morgan fingerprint density at radius 2 is 1.83 bits per heavy atom. The Bertz CT molecular complexity index is 849. The van der Waals surface area contributed by atoms with E-state index in [9.17, 15) is 0 Å². The van der Waals surface area contributed by atoms with E-state index < -0.39 is 0 Å². The summed E-state index contributed by atoms with van der Waals surface area (Å²) in [5, 5.41) is 0.789. The van der Waals surface area contributed by atoms with Crippen molar-refractivity contribution in [1.29, 1.82) is 0 Å². The maximum atomic E-state index is 6.12. The van der Waals surface area contributed by atoms with Gasteiger partial charge < -0.3 is 14.4 Å². The van der Waals surface area contributed by atoms with Gasteiger partial charge in [-0.1, -0.05) is 27.5 Å². The van der Waals surface area contributed by atoms with Crippen molar-refractivity contribution < 1.29 is 9.47 Å². The zero-order valence-corrected chi connectivity index (χ0v) is 19.4.